The van der Waals surface area contributed by atoms with E-state index in [1.54, 1.807) is 6.20 Å². The Morgan fingerprint density at radius 3 is 2.35 bits per heavy atom. The molecule has 0 radical (unpaired) electrons. The zero-order valence-electron chi connectivity index (χ0n) is 21.7. The molecule has 2 aliphatic carbocycles. The highest BCUT2D eigenvalue weighted by atomic mass is 19.1. The number of aliphatic imine (C=N–C) groups is 1. The second kappa shape index (κ2) is 10.2. The predicted molar refractivity (Wildman–Crippen MR) is 139 cm³/mol. The van der Waals surface area contributed by atoms with E-state index in [1.165, 1.54) is 19.3 Å². The molecule has 2 aromatic rings. The van der Waals surface area contributed by atoms with Crippen LogP contribution in [0.5, 0.6) is 0 Å². The van der Waals surface area contributed by atoms with Crippen molar-refractivity contribution in [2.45, 2.75) is 89.7 Å². The maximum Gasteiger partial charge on any atom is 0.223 e. The first-order chi connectivity index (χ1) is 17.6. The Balaban J connectivity index is 1.42. The van der Waals surface area contributed by atoms with Crippen LogP contribution in [0.4, 0.5) is 30.5 Å². The van der Waals surface area contributed by atoms with Crippen LogP contribution in [0.3, 0.4) is 0 Å². The van der Waals surface area contributed by atoms with Crippen LogP contribution in [0.25, 0.3) is 0 Å². The third kappa shape index (κ3) is 5.47. The van der Waals surface area contributed by atoms with E-state index in [9.17, 15) is 18.3 Å². The minimum atomic E-state index is -1.02. The lowest BCUT2D eigenvalue weighted by Crippen LogP contribution is -2.30. The molecule has 2 heterocycles. The van der Waals surface area contributed by atoms with Gasteiger partial charge in [-0.15, -0.1) is 0 Å². The minimum Gasteiger partial charge on any atom is -0.390 e. The number of anilines is 2. The van der Waals surface area contributed by atoms with Crippen LogP contribution in [0.15, 0.2) is 23.3 Å². The smallest absolute Gasteiger partial charge is 0.223 e. The number of aromatic nitrogens is 2. The second-order valence-electron chi connectivity index (χ2n) is 11.5. The number of aliphatic hydroxyl groups is 1. The van der Waals surface area contributed by atoms with E-state index in [2.05, 4.69) is 27.5 Å². The maximum atomic E-state index is 14.5. The summed E-state index contributed by atoms with van der Waals surface area (Å²) < 4.78 is 42.6. The zero-order chi connectivity index (χ0) is 26.3. The molecule has 0 spiro atoms. The molecule has 9 heteroatoms. The molecule has 1 aromatic carbocycles. The number of hydrogen-bond donors (Lipinski definition) is 3. The fourth-order valence-electron chi connectivity index (χ4n) is 6.30. The van der Waals surface area contributed by atoms with Gasteiger partial charge in [-0.3, -0.25) is 0 Å². The Morgan fingerprint density at radius 2 is 1.73 bits per heavy atom. The van der Waals surface area contributed by atoms with E-state index in [1.807, 2.05) is 13.8 Å². The second-order valence-corrected chi connectivity index (χ2v) is 11.5. The molecule has 2 fully saturated rings. The van der Waals surface area contributed by atoms with Crippen molar-refractivity contribution in [3.63, 3.8) is 0 Å². The van der Waals surface area contributed by atoms with Crippen molar-refractivity contribution in [3.05, 3.63) is 41.5 Å². The number of hydrogen-bond acceptors (Lipinski definition) is 6. The number of rotatable bonds is 6. The lowest BCUT2D eigenvalue weighted by Gasteiger charge is -2.29. The SMILES string of the molecule is CC[C@H]1CC[C@H](Nc2ncc3c(n2)C([C@@H]2CC[C@H](C(C)(C)O)C2)C(Nc2c(F)cc(F)cc2F)=N3)CC1. The summed E-state index contributed by atoms with van der Waals surface area (Å²) in [5.41, 5.74) is 0.00848. The van der Waals surface area contributed by atoms with Gasteiger partial charge in [0.1, 0.15) is 23.0 Å². The van der Waals surface area contributed by atoms with Crippen LogP contribution in [-0.4, -0.2) is 32.6 Å². The molecule has 1 aromatic heterocycles. The van der Waals surface area contributed by atoms with Crippen molar-refractivity contribution in [1.82, 2.24) is 9.97 Å². The molecule has 5 rings (SSSR count). The Labute approximate surface area is 216 Å². The molecule has 2 saturated carbocycles. The molecule has 1 aliphatic heterocycles. The summed E-state index contributed by atoms with van der Waals surface area (Å²) in [6.07, 6.45) is 9.78. The van der Waals surface area contributed by atoms with Crippen molar-refractivity contribution >= 4 is 23.2 Å². The summed E-state index contributed by atoms with van der Waals surface area (Å²) in [6, 6.07) is 1.61. The third-order valence-corrected chi connectivity index (χ3v) is 8.59. The summed E-state index contributed by atoms with van der Waals surface area (Å²) >= 11 is 0. The lowest BCUT2D eigenvalue weighted by atomic mass is 9.83. The zero-order valence-corrected chi connectivity index (χ0v) is 21.7. The highest BCUT2D eigenvalue weighted by Crippen LogP contribution is 2.49. The Kier molecular flexibility index (Phi) is 7.18. The van der Waals surface area contributed by atoms with Gasteiger partial charge in [0.25, 0.3) is 0 Å². The van der Waals surface area contributed by atoms with Crippen molar-refractivity contribution < 1.29 is 18.3 Å². The average molecular weight is 516 g/mol. The summed E-state index contributed by atoms with van der Waals surface area (Å²) in [5, 5.41) is 16.9. The summed E-state index contributed by atoms with van der Waals surface area (Å²) in [7, 11) is 0. The van der Waals surface area contributed by atoms with E-state index in [0.29, 0.717) is 41.3 Å². The van der Waals surface area contributed by atoms with Gasteiger partial charge < -0.3 is 15.7 Å². The van der Waals surface area contributed by atoms with E-state index in [4.69, 9.17) is 4.98 Å². The minimum absolute atomic E-state index is 0.0678. The van der Waals surface area contributed by atoms with Gasteiger partial charge in [0.2, 0.25) is 5.95 Å². The topological polar surface area (TPSA) is 82.4 Å². The maximum absolute atomic E-state index is 14.5. The van der Waals surface area contributed by atoms with Crippen LogP contribution >= 0.6 is 0 Å². The average Bonchev–Trinajstić information content (AvgIpc) is 3.46. The lowest BCUT2D eigenvalue weighted by molar-refractivity contribution is 0.0181. The van der Waals surface area contributed by atoms with Gasteiger partial charge in [0.05, 0.1) is 23.4 Å². The highest BCUT2D eigenvalue weighted by Gasteiger charge is 2.43. The molecule has 0 amide bonds. The normalized spacial score (nSPS) is 27.6. The molecule has 0 saturated heterocycles. The molecule has 6 nitrogen and oxygen atoms in total. The summed E-state index contributed by atoms with van der Waals surface area (Å²) in [4.78, 5) is 14.0. The molecule has 3 aliphatic rings. The highest BCUT2D eigenvalue weighted by molar-refractivity contribution is 6.05. The summed E-state index contributed by atoms with van der Waals surface area (Å²) in [5.74, 6) is -1.51. The van der Waals surface area contributed by atoms with Crippen molar-refractivity contribution in [2.75, 3.05) is 10.6 Å². The molecular formula is C28H36F3N5O. The van der Waals surface area contributed by atoms with Crippen molar-refractivity contribution in [3.8, 4) is 0 Å². The molecular weight excluding hydrogens is 479 g/mol. The first-order valence-electron chi connectivity index (χ1n) is 13.5. The molecule has 37 heavy (non-hydrogen) atoms. The molecule has 1 unspecified atom stereocenters. The van der Waals surface area contributed by atoms with E-state index >= 15 is 0 Å². The third-order valence-electron chi connectivity index (χ3n) is 8.59. The number of benzene rings is 1. The molecule has 0 bridgehead atoms. The number of amidine groups is 1. The van der Waals surface area contributed by atoms with E-state index in [-0.39, 0.29) is 17.8 Å². The van der Waals surface area contributed by atoms with Crippen LogP contribution in [0.1, 0.15) is 83.7 Å². The number of nitrogens with one attached hydrogen (secondary N) is 2. The van der Waals surface area contributed by atoms with Crippen LogP contribution in [0.2, 0.25) is 0 Å². The quantitative estimate of drug-likeness (QED) is 0.399. The first kappa shape index (κ1) is 25.9. The molecule has 3 N–H and O–H groups in total. The Bertz CT molecular complexity index is 1150. The van der Waals surface area contributed by atoms with Gasteiger partial charge in [-0.25, -0.2) is 28.1 Å². The number of nitrogens with zero attached hydrogens (tertiary/aromatic N) is 3. The van der Waals surface area contributed by atoms with E-state index in [0.717, 1.165) is 38.0 Å². The van der Waals surface area contributed by atoms with Crippen LogP contribution < -0.4 is 10.6 Å². The Hall–Kier alpha value is -2.68. The van der Waals surface area contributed by atoms with Gasteiger partial charge in [-0.1, -0.05) is 13.3 Å². The fourth-order valence-corrected chi connectivity index (χ4v) is 6.30. The predicted octanol–water partition coefficient (Wildman–Crippen LogP) is 6.70. The van der Waals surface area contributed by atoms with Gasteiger partial charge in [-0.2, -0.15) is 0 Å². The van der Waals surface area contributed by atoms with Crippen molar-refractivity contribution in [1.29, 1.82) is 0 Å². The summed E-state index contributed by atoms with van der Waals surface area (Å²) in [6.45, 7) is 5.87. The first-order valence-corrected chi connectivity index (χ1v) is 13.5. The molecule has 200 valence electrons. The fraction of sp³-hybridized carbons (Fsp3) is 0.607. The Morgan fingerprint density at radius 1 is 1.03 bits per heavy atom. The van der Waals surface area contributed by atoms with Gasteiger partial charge >= 0.3 is 0 Å². The van der Waals surface area contributed by atoms with Crippen LogP contribution in [-0.2, 0) is 0 Å². The van der Waals surface area contributed by atoms with Crippen molar-refractivity contribution in [2.24, 2.45) is 22.7 Å². The van der Waals surface area contributed by atoms with Gasteiger partial charge in [0, 0.05) is 18.2 Å². The molecule has 3 atom stereocenters. The number of halogens is 3. The standard InChI is InChI=1S/C28H36F3N5O/c1-4-15-5-9-19(10-6-15)33-27-32-14-22-25(36-27)23(16-7-8-17(11-16)28(2,3)37)26(34-22)35-24-20(30)12-18(29)13-21(24)31/h12-17,19,23,37H,4-11H2,1-3H3,(H,34,35)(H,32,33,36)/t15-,16-,17+,19-,23?/m1/s1. The van der Waals surface area contributed by atoms with Gasteiger partial charge in [-0.05, 0) is 76.5 Å². The van der Waals surface area contributed by atoms with Gasteiger partial charge in [0.15, 0.2) is 11.6 Å². The van der Waals surface area contributed by atoms with E-state index < -0.39 is 28.7 Å². The monoisotopic (exact) mass is 515 g/mol. The largest absolute Gasteiger partial charge is 0.390 e. The number of fused-ring (bicyclic) bond motifs is 1. The van der Waals surface area contributed by atoms with Crippen LogP contribution in [0, 0.1) is 35.2 Å².